The maximum Gasteiger partial charge on any atom is 0.418 e. The molecule has 0 amide bonds. The van der Waals surface area contributed by atoms with Crippen LogP contribution in [0.25, 0.3) is 0 Å². The molecule has 11 heteroatoms. The summed E-state index contributed by atoms with van der Waals surface area (Å²) in [6, 6.07) is -0.191. The molecule has 2 N–H and O–H groups in total. The van der Waals surface area contributed by atoms with Crippen molar-refractivity contribution in [2.45, 2.75) is 17.2 Å². The van der Waals surface area contributed by atoms with Gasteiger partial charge in [-0.1, -0.05) is 0 Å². The van der Waals surface area contributed by atoms with Gasteiger partial charge < -0.3 is 10.2 Å². The van der Waals surface area contributed by atoms with Crippen LogP contribution in [0.15, 0.2) is 11.0 Å². The van der Waals surface area contributed by atoms with E-state index in [0.717, 1.165) is 0 Å². The number of carboxylic acid groups (broad SMARTS) is 2. The first kappa shape index (κ1) is 17.1. The second-order valence-electron chi connectivity index (χ2n) is 3.68. The summed E-state index contributed by atoms with van der Waals surface area (Å²) in [4.78, 5) is 19.9. The van der Waals surface area contributed by atoms with Crippen LogP contribution in [0.2, 0.25) is 0 Å². The zero-order valence-electron chi connectivity index (χ0n) is 9.50. The van der Waals surface area contributed by atoms with Gasteiger partial charge in [-0.05, 0) is 6.07 Å². The van der Waals surface area contributed by atoms with Gasteiger partial charge in [0.05, 0.1) is 22.3 Å². The Labute approximate surface area is 117 Å². The average Bonchev–Trinajstić information content (AvgIpc) is 2.23. The highest BCUT2D eigenvalue weighted by atomic mass is 32.1. The van der Waals surface area contributed by atoms with Crippen molar-refractivity contribution in [3.63, 3.8) is 0 Å². The minimum Gasteiger partial charge on any atom is -0.478 e. The van der Waals surface area contributed by atoms with E-state index in [1.165, 1.54) is 0 Å². The molecule has 1 aromatic carbocycles. The SMILES string of the molecule is O=C(O)c1cc(C(F)(F)F)c(S)c(C(F)(F)F)c1C(=O)O. The fraction of sp³-hybridized carbons (Fsp3) is 0.200. The lowest BCUT2D eigenvalue weighted by molar-refractivity contribution is -0.147. The zero-order chi connectivity index (χ0) is 16.7. The lowest BCUT2D eigenvalue weighted by Crippen LogP contribution is -2.22. The molecular weight excluding hydrogens is 330 g/mol. The second-order valence-corrected chi connectivity index (χ2v) is 4.12. The lowest BCUT2D eigenvalue weighted by atomic mass is 9.96. The Kier molecular flexibility index (Phi) is 4.19. The molecule has 0 bridgehead atoms. The van der Waals surface area contributed by atoms with Crippen LogP contribution in [0.3, 0.4) is 0 Å². The molecule has 0 fully saturated rings. The smallest absolute Gasteiger partial charge is 0.418 e. The van der Waals surface area contributed by atoms with Crippen molar-refractivity contribution < 1.29 is 46.1 Å². The van der Waals surface area contributed by atoms with Gasteiger partial charge >= 0.3 is 24.3 Å². The van der Waals surface area contributed by atoms with Gasteiger partial charge in [0.25, 0.3) is 0 Å². The number of rotatable bonds is 2. The summed E-state index contributed by atoms with van der Waals surface area (Å²) in [7, 11) is 0. The van der Waals surface area contributed by atoms with Gasteiger partial charge in [0.2, 0.25) is 0 Å². The first-order valence-corrected chi connectivity index (χ1v) is 5.24. The Morgan fingerprint density at radius 2 is 1.43 bits per heavy atom. The summed E-state index contributed by atoms with van der Waals surface area (Å²) in [5.41, 5.74) is -7.67. The molecule has 0 aliphatic heterocycles. The largest absolute Gasteiger partial charge is 0.478 e. The summed E-state index contributed by atoms with van der Waals surface area (Å²) in [5, 5.41) is 17.4. The van der Waals surface area contributed by atoms with Crippen LogP contribution >= 0.6 is 12.6 Å². The van der Waals surface area contributed by atoms with Gasteiger partial charge in [0, 0.05) is 4.90 Å². The summed E-state index contributed by atoms with van der Waals surface area (Å²) in [6.07, 6.45) is -10.9. The minimum atomic E-state index is -5.53. The van der Waals surface area contributed by atoms with Crippen molar-refractivity contribution in [3.05, 3.63) is 28.3 Å². The van der Waals surface area contributed by atoms with E-state index in [1.807, 2.05) is 0 Å². The third kappa shape index (κ3) is 3.23. The van der Waals surface area contributed by atoms with Crippen molar-refractivity contribution in [2.75, 3.05) is 0 Å². The summed E-state index contributed by atoms with van der Waals surface area (Å²) < 4.78 is 76.3. The number of halogens is 6. The summed E-state index contributed by atoms with van der Waals surface area (Å²) in [5.74, 6) is -4.57. The molecule has 0 unspecified atom stereocenters. The van der Waals surface area contributed by atoms with Crippen molar-refractivity contribution >= 4 is 24.6 Å². The Morgan fingerprint density at radius 3 is 1.71 bits per heavy atom. The predicted molar refractivity (Wildman–Crippen MR) is 57.6 cm³/mol. The van der Waals surface area contributed by atoms with E-state index in [9.17, 15) is 35.9 Å². The number of alkyl halides is 6. The van der Waals surface area contributed by atoms with Gasteiger partial charge in [0.1, 0.15) is 0 Å². The number of carboxylic acids is 2. The van der Waals surface area contributed by atoms with Crippen LogP contribution in [0, 0.1) is 0 Å². The van der Waals surface area contributed by atoms with Crippen molar-refractivity contribution in [2.24, 2.45) is 0 Å². The monoisotopic (exact) mass is 334 g/mol. The van der Waals surface area contributed by atoms with Crippen molar-refractivity contribution in [3.8, 4) is 0 Å². The first-order chi connectivity index (χ1) is 9.28. The number of carbonyl (C=O) groups is 2. The second kappa shape index (κ2) is 5.13. The maximum absolute atomic E-state index is 12.8. The normalized spacial score (nSPS) is 12.3. The molecule has 0 saturated carbocycles. The van der Waals surface area contributed by atoms with Crippen LogP contribution in [0.5, 0.6) is 0 Å². The first-order valence-electron chi connectivity index (χ1n) is 4.79. The van der Waals surface area contributed by atoms with Crippen LogP contribution < -0.4 is 0 Å². The van der Waals surface area contributed by atoms with Gasteiger partial charge in [-0.2, -0.15) is 26.3 Å². The topological polar surface area (TPSA) is 74.6 Å². The van der Waals surface area contributed by atoms with E-state index >= 15 is 0 Å². The van der Waals surface area contributed by atoms with E-state index in [4.69, 9.17) is 10.2 Å². The van der Waals surface area contributed by atoms with E-state index in [0.29, 0.717) is 0 Å². The molecule has 0 atom stereocenters. The van der Waals surface area contributed by atoms with E-state index in [1.54, 1.807) is 0 Å². The standard InChI is InChI=1S/C10H4F6O4S/c11-9(12,13)3-1-2(7(17)18)4(8(19)20)5(6(3)21)10(14,15)16/h1,21H,(H,17,18)(H,19,20). The predicted octanol–water partition coefficient (Wildman–Crippen LogP) is 3.41. The van der Waals surface area contributed by atoms with Crippen molar-refractivity contribution in [1.29, 1.82) is 0 Å². The molecule has 0 aromatic heterocycles. The zero-order valence-corrected chi connectivity index (χ0v) is 10.4. The molecule has 0 radical (unpaired) electrons. The van der Waals surface area contributed by atoms with Crippen LogP contribution in [0.4, 0.5) is 26.3 Å². The number of aromatic carboxylic acids is 2. The van der Waals surface area contributed by atoms with Crippen LogP contribution in [-0.4, -0.2) is 22.2 Å². The van der Waals surface area contributed by atoms with Gasteiger partial charge in [0.15, 0.2) is 0 Å². The lowest BCUT2D eigenvalue weighted by Gasteiger charge is -2.19. The number of thiol groups is 1. The highest BCUT2D eigenvalue weighted by Gasteiger charge is 2.45. The quantitative estimate of drug-likeness (QED) is 0.572. The van der Waals surface area contributed by atoms with E-state index < -0.39 is 51.4 Å². The van der Waals surface area contributed by atoms with Gasteiger partial charge in [-0.25, -0.2) is 9.59 Å². The van der Waals surface area contributed by atoms with Gasteiger partial charge in [-0.15, -0.1) is 12.6 Å². The third-order valence-corrected chi connectivity index (χ3v) is 2.80. The summed E-state index contributed by atoms with van der Waals surface area (Å²) >= 11 is 3.08. The Balaban J connectivity index is 4.02. The fourth-order valence-electron chi connectivity index (χ4n) is 1.56. The molecule has 1 rings (SSSR count). The number of hydrogen-bond acceptors (Lipinski definition) is 3. The Hall–Kier alpha value is -1.91. The third-order valence-electron chi connectivity index (χ3n) is 2.33. The number of benzene rings is 1. The van der Waals surface area contributed by atoms with Crippen LogP contribution in [0.1, 0.15) is 31.8 Å². The molecule has 21 heavy (non-hydrogen) atoms. The molecule has 4 nitrogen and oxygen atoms in total. The van der Waals surface area contributed by atoms with E-state index in [2.05, 4.69) is 12.6 Å². The highest BCUT2D eigenvalue weighted by molar-refractivity contribution is 7.80. The molecule has 0 spiro atoms. The molecule has 116 valence electrons. The minimum absolute atomic E-state index is 0.191. The van der Waals surface area contributed by atoms with Gasteiger partial charge in [-0.3, -0.25) is 0 Å². The fourth-order valence-corrected chi connectivity index (χ4v) is 1.99. The van der Waals surface area contributed by atoms with Crippen molar-refractivity contribution in [1.82, 2.24) is 0 Å². The molecular formula is C10H4F6O4S. The molecule has 0 heterocycles. The Morgan fingerprint density at radius 1 is 0.952 bits per heavy atom. The Bertz CT molecular complexity index is 619. The highest BCUT2D eigenvalue weighted by Crippen LogP contribution is 2.44. The molecule has 1 aromatic rings. The molecule has 0 aliphatic rings. The molecule has 0 saturated heterocycles. The van der Waals surface area contributed by atoms with Crippen LogP contribution in [-0.2, 0) is 12.4 Å². The average molecular weight is 334 g/mol. The molecule has 0 aliphatic carbocycles. The summed E-state index contributed by atoms with van der Waals surface area (Å²) in [6.45, 7) is 0. The maximum atomic E-state index is 12.8. The van der Waals surface area contributed by atoms with E-state index in [-0.39, 0.29) is 6.07 Å². The number of hydrogen-bond donors (Lipinski definition) is 3.